The molecule has 4 rings (SSSR count). The quantitative estimate of drug-likeness (QED) is 0.721. The maximum atomic E-state index is 5.73. The van der Waals surface area contributed by atoms with E-state index in [2.05, 4.69) is 31.1 Å². The van der Waals surface area contributed by atoms with Gasteiger partial charge in [-0.1, -0.05) is 5.16 Å². The van der Waals surface area contributed by atoms with Gasteiger partial charge in [0.1, 0.15) is 0 Å². The molecule has 0 bridgehead atoms. The Balaban J connectivity index is 1.70. The minimum absolute atomic E-state index is 0.324. The van der Waals surface area contributed by atoms with E-state index in [1.807, 2.05) is 6.92 Å². The van der Waals surface area contributed by atoms with Gasteiger partial charge in [-0.25, -0.2) is 4.98 Å². The van der Waals surface area contributed by atoms with Gasteiger partial charge in [0.25, 0.3) is 5.89 Å². The number of nitrogens with zero attached hydrogens (tertiary/aromatic N) is 3. The lowest BCUT2D eigenvalue weighted by molar-refractivity contribution is 0.408. The molecule has 6 nitrogen and oxygen atoms in total. The van der Waals surface area contributed by atoms with Crippen molar-refractivity contribution in [1.82, 2.24) is 15.1 Å². The highest BCUT2D eigenvalue weighted by Crippen LogP contribution is 2.41. The highest BCUT2D eigenvalue weighted by Gasteiger charge is 2.31. The van der Waals surface area contributed by atoms with E-state index in [-0.39, 0.29) is 0 Å². The van der Waals surface area contributed by atoms with Crippen LogP contribution in [0.4, 0.5) is 0 Å². The third kappa shape index (κ3) is 1.98. The smallest absolute Gasteiger partial charge is 0.296 e. The fourth-order valence-electron chi connectivity index (χ4n) is 1.97. The second-order valence-corrected chi connectivity index (χ2v) is 5.55. The Morgan fingerprint density at radius 3 is 2.75 bits per heavy atom. The number of aromatic nitrogens is 3. The molecule has 3 heterocycles. The number of rotatable bonds is 3. The van der Waals surface area contributed by atoms with E-state index < -0.39 is 0 Å². The van der Waals surface area contributed by atoms with Crippen LogP contribution in [-0.2, 0) is 0 Å². The highest BCUT2D eigenvalue weighted by molar-refractivity contribution is 9.10. The first-order chi connectivity index (χ1) is 9.70. The van der Waals surface area contributed by atoms with Crippen molar-refractivity contribution in [1.29, 1.82) is 0 Å². The Morgan fingerprint density at radius 1 is 1.20 bits per heavy atom. The lowest BCUT2D eigenvalue weighted by Gasteiger charge is -1.87. The maximum Gasteiger partial charge on any atom is 0.296 e. The van der Waals surface area contributed by atoms with Gasteiger partial charge in [0, 0.05) is 5.92 Å². The molecule has 102 valence electrons. The van der Waals surface area contributed by atoms with Gasteiger partial charge in [-0.3, -0.25) is 0 Å². The molecule has 1 fully saturated rings. The first kappa shape index (κ1) is 11.9. The van der Waals surface area contributed by atoms with Crippen LogP contribution in [-0.4, -0.2) is 15.1 Å². The molecule has 0 spiro atoms. The number of aryl methyl sites for hydroxylation is 1. The lowest BCUT2D eigenvalue weighted by atomic mass is 10.3. The molecule has 0 saturated heterocycles. The Labute approximate surface area is 122 Å². The van der Waals surface area contributed by atoms with Crippen LogP contribution in [0.25, 0.3) is 23.2 Å². The van der Waals surface area contributed by atoms with E-state index >= 15 is 0 Å². The molecule has 3 aromatic heterocycles. The van der Waals surface area contributed by atoms with E-state index in [4.69, 9.17) is 13.4 Å². The normalized spacial score (nSPS) is 14.9. The molecule has 0 N–H and O–H groups in total. The van der Waals surface area contributed by atoms with Crippen molar-refractivity contribution >= 4 is 15.9 Å². The summed E-state index contributed by atoms with van der Waals surface area (Å²) in [7, 11) is 0. The highest BCUT2D eigenvalue weighted by atomic mass is 79.9. The van der Waals surface area contributed by atoms with Gasteiger partial charge in [0.15, 0.2) is 16.3 Å². The summed E-state index contributed by atoms with van der Waals surface area (Å²) in [6.07, 6.45) is 2.27. The zero-order valence-corrected chi connectivity index (χ0v) is 12.2. The molecule has 0 aromatic carbocycles. The number of furan rings is 1. The van der Waals surface area contributed by atoms with Crippen molar-refractivity contribution in [3.8, 4) is 23.2 Å². The molecule has 0 amide bonds. The van der Waals surface area contributed by atoms with Crippen molar-refractivity contribution in [3.63, 3.8) is 0 Å². The molecule has 0 aliphatic heterocycles. The summed E-state index contributed by atoms with van der Waals surface area (Å²) in [5.74, 6) is 2.99. The van der Waals surface area contributed by atoms with Crippen molar-refractivity contribution in [2.24, 2.45) is 0 Å². The molecule has 1 saturated carbocycles. The van der Waals surface area contributed by atoms with E-state index in [1.165, 1.54) is 0 Å². The third-order valence-corrected chi connectivity index (χ3v) is 3.58. The SMILES string of the molecule is Cc1nc(C2CC2)oc1-c1nc(-c2ccc(Br)o2)no1. The summed E-state index contributed by atoms with van der Waals surface area (Å²) < 4.78 is 17.0. The second kappa shape index (κ2) is 4.31. The van der Waals surface area contributed by atoms with Gasteiger partial charge >= 0.3 is 0 Å². The fourth-order valence-corrected chi connectivity index (χ4v) is 2.28. The first-order valence-electron chi connectivity index (χ1n) is 6.28. The van der Waals surface area contributed by atoms with E-state index in [1.54, 1.807) is 12.1 Å². The molecule has 0 radical (unpaired) electrons. The standard InChI is InChI=1S/C13H10BrN3O3/c1-6-10(19-12(15-6)7-2-3-7)13-16-11(17-20-13)8-4-5-9(14)18-8/h4-5,7H,2-3H2,1H3. The zero-order valence-electron chi connectivity index (χ0n) is 10.6. The summed E-state index contributed by atoms with van der Waals surface area (Å²) in [5.41, 5.74) is 0.766. The second-order valence-electron chi connectivity index (χ2n) is 4.77. The summed E-state index contributed by atoms with van der Waals surface area (Å²) in [5, 5.41) is 3.90. The molecule has 3 aromatic rings. The first-order valence-corrected chi connectivity index (χ1v) is 7.07. The van der Waals surface area contributed by atoms with Crippen LogP contribution in [0.2, 0.25) is 0 Å². The summed E-state index contributed by atoms with van der Waals surface area (Å²) in [6, 6.07) is 3.54. The van der Waals surface area contributed by atoms with Crippen LogP contribution in [0, 0.1) is 6.92 Å². The Hall–Kier alpha value is -1.89. The van der Waals surface area contributed by atoms with Crippen LogP contribution in [0.5, 0.6) is 0 Å². The van der Waals surface area contributed by atoms with Crippen molar-refractivity contribution in [3.05, 3.63) is 28.4 Å². The number of hydrogen-bond donors (Lipinski definition) is 0. The lowest BCUT2D eigenvalue weighted by Crippen LogP contribution is -1.80. The van der Waals surface area contributed by atoms with Gasteiger partial charge in [-0.05, 0) is 47.8 Å². The van der Waals surface area contributed by atoms with Crippen molar-refractivity contribution in [2.75, 3.05) is 0 Å². The van der Waals surface area contributed by atoms with Crippen LogP contribution < -0.4 is 0 Å². The van der Waals surface area contributed by atoms with Crippen LogP contribution in [0.3, 0.4) is 0 Å². The molecule has 0 unspecified atom stereocenters. The number of oxazole rings is 1. The van der Waals surface area contributed by atoms with E-state index in [0.29, 0.717) is 33.8 Å². The van der Waals surface area contributed by atoms with Crippen LogP contribution >= 0.6 is 15.9 Å². The molecular weight excluding hydrogens is 326 g/mol. The van der Waals surface area contributed by atoms with Gasteiger partial charge in [-0.2, -0.15) is 4.98 Å². The van der Waals surface area contributed by atoms with Gasteiger partial charge < -0.3 is 13.4 Å². The third-order valence-electron chi connectivity index (χ3n) is 3.15. The molecule has 0 atom stereocenters. The minimum atomic E-state index is 0.324. The Bertz CT molecular complexity index is 770. The predicted molar refractivity (Wildman–Crippen MR) is 71.9 cm³/mol. The van der Waals surface area contributed by atoms with Gasteiger partial charge in [-0.15, -0.1) is 0 Å². The number of hydrogen-bond acceptors (Lipinski definition) is 6. The average Bonchev–Trinajstić information content (AvgIpc) is 2.84. The summed E-state index contributed by atoms with van der Waals surface area (Å²) in [6.45, 7) is 1.87. The Morgan fingerprint density at radius 2 is 2.05 bits per heavy atom. The fraction of sp³-hybridized carbons (Fsp3) is 0.308. The predicted octanol–water partition coefficient (Wildman–Crippen LogP) is 3.93. The monoisotopic (exact) mass is 335 g/mol. The average molecular weight is 336 g/mol. The van der Waals surface area contributed by atoms with Crippen LogP contribution in [0.1, 0.15) is 30.3 Å². The largest absolute Gasteiger partial charge is 0.446 e. The molecule has 7 heteroatoms. The van der Waals surface area contributed by atoms with Gasteiger partial charge in [0.05, 0.1) is 5.69 Å². The van der Waals surface area contributed by atoms with Crippen molar-refractivity contribution < 1.29 is 13.4 Å². The zero-order chi connectivity index (χ0) is 13.7. The van der Waals surface area contributed by atoms with E-state index in [9.17, 15) is 0 Å². The molecule has 1 aliphatic rings. The van der Waals surface area contributed by atoms with Crippen LogP contribution in [0.15, 0.2) is 30.2 Å². The maximum absolute atomic E-state index is 5.73. The van der Waals surface area contributed by atoms with Gasteiger partial charge in [0.2, 0.25) is 11.6 Å². The summed E-state index contributed by atoms with van der Waals surface area (Å²) in [4.78, 5) is 8.70. The Kier molecular flexibility index (Phi) is 2.56. The van der Waals surface area contributed by atoms with Crippen molar-refractivity contribution in [2.45, 2.75) is 25.7 Å². The molecule has 20 heavy (non-hydrogen) atoms. The number of halogens is 1. The van der Waals surface area contributed by atoms with E-state index in [0.717, 1.165) is 24.4 Å². The molecule has 1 aliphatic carbocycles. The summed E-state index contributed by atoms with van der Waals surface area (Å²) >= 11 is 3.24. The minimum Gasteiger partial charge on any atom is -0.446 e. The molecular formula is C13H10BrN3O3. The topological polar surface area (TPSA) is 78.1 Å².